The number of carboxylic acids is 1. The number of aliphatic carboxylic acids is 1. The van der Waals surface area contributed by atoms with E-state index in [0.717, 1.165) is 9.65 Å². The van der Waals surface area contributed by atoms with Gasteiger partial charge in [-0.15, -0.1) is 0 Å². The molecule has 0 aromatic heterocycles. The smallest absolute Gasteiger partial charge is 0.364 e. The zero-order valence-electron chi connectivity index (χ0n) is 6.50. The molecule has 4 heteroatoms. The molecule has 1 N–H and O–H groups in total. The van der Waals surface area contributed by atoms with Crippen LogP contribution in [0.4, 0.5) is 4.39 Å². The fraction of sp³-hybridized carbons (Fsp3) is 0. The number of hydrogen-bond acceptors (Lipinski definition) is 1. The van der Waals surface area contributed by atoms with Gasteiger partial charge in [0.2, 0.25) is 5.83 Å². The van der Waals surface area contributed by atoms with Crippen molar-refractivity contribution in [2.24, 2.45) is 0 Å². The zero-order valence-corrected chi connectivity index (χ0v) is 8.66. The van der Waals surface area contributed by atoms with E-state index in [-0.39, 0.29) is 0 Å². The largest absolute Gasteiger partial charge is 0.476 e. The van der Waals surface area contributed by atoms with Crippen LogP contribution in [0.2, 0.25) is 0 Å². The van der Waals surface area contributed by atoms with E-state index in [2.05, 4.69) is 22.6 Å². The summed E-state index contributed by atoms with van der Waals surface area (Å²) in [6.45, 7) is 0. The molecule has 0 saturated heterocycles. The van der Waals surface area contributed by atoms with Crippen molar-refractivity contribution in [1.82, 2.24) is 0 Å². The van der Waals surface area contributed by atoms with Crippen LogP contribution >= 0.6 is 22.6 Å². The monoisotopic (exact) mass is 292 g/mol. The quantitative estimate of drug-likeness (QED) is 0.672. The predicted octanol–water partition coefficient (Wildman–Crippen LogP) is 2.69. The van der Waals surface area contributed by atoms with E-state index in [0.29, 0.717) is 5.56 Å². The van der Waals surface area contributed by atoms with Crippen LogP contribution < -0.4 is 0 Å². The standard InChI is InChI=1S/C9H6FIO2/c10-8(9(12)13)5-6-1-3-7(11)4-2-6/h1-5H,(H,12,13)/b8-5-. The van der Waals surface area contributed by atoms with Gasteiger partial charge in [0.05, 0.1) is 0 Å². The first-order valence-corrected chi connectivity index (χ1v) is 4.53. The van der Waals surface area contributed by atoms with Crippen LogP contribution in [0.25, 0.3) is 6.08 Å². The van der Waals surface area contributed by atoms with E-state index in [1.807, 2.05) is 0 Å². The molecule has 68 valence electrons. The SMILES string of the molecule is O=C(O)/C(F)=C/c1ccc(I)cc1. The summed E-state index contributed by atoms with van der Waals surface area (Å²) in [6, 6.07) is 6.87. The van der Waals surface area contributed by atoms with Gasteiger partial charge in [0.25, 0.3) is 0 Å². The van der Waals surface area contributed by atoms with E-state index in [9.17, 15) is 9.18 Å². The summed E-state index contributed by atoms with van der Waals surface area (Å²) < 4.78 is 13.6. The van der Waals surface area contributed by atoms with Gasteiger partial charge in [0, 0.05) is 3.57 Å². The van der Waals surface area contributed by atoms with Crippen molar-refractivity contribution in [3.8, 4) is 0 Å². The van der Waals surface area contributed by atoms with Crippen LogP contribution in [0.15, 0.2) is 30.1 Å². The molecule has 1 aromatic rings. The lowest BCUT2D eigenvalue weighted by Crippen LogP contribution is -1.93. The van der Waals surface area contributed by atoms with Gasteiger partial charge in [-0.05, 0) is 46.4 Å². The van der Waals surface area contributed by atoms with Crippen molar-refractivity contribution in [1.29, 1.82) is 0 Å². The van der Waals surface area contributed by atoms with Gasteiger partial charge in [-0.1, -0.05) is 12.1 Å². The van der Waals surface area contributed by atoms with Gasteiger partial charge in [-0.2, -0.15) is 4.39 Å². The van der Waals surface area contributed by atoms with E-state index in [1.165, 1.54) is 0 Å². The summed E-state index contributed by atoms with van der Waals surface area (Å²) in [5, 5.41) is 8.25. The lowest BCUT2D eigenvalue weighted by Gasteiger charge is -1.93. The van der Waals surface area contributed by atoms with Crippen LogP contribution in [0, 0.1) is 3.57 Å². The van der Waals surface area contributed by atoms with Crippen LogP contribution in [-0.4, -0.2) is 11.1 Å². The normalized spacial score (nSPS) is 11.4. The Morgan fingerprint density at radius 3 is 2.38 bits per heavy atom. The Morgan fingerprint density at radius 2 is 1.92 bits per heavy atom. The molecule has 1 rings (SSSR count). The summed E-state index contributed by atoms with van der Waals surface area (Å²) in [6.07, 6.45) is 0.985. The molecule has 0 radical (unpaired) electrons. The van der Waals surface area contributed by atoms with Gasteiger partial charge in [-0.25, -0.2) is 4.79 Å². The highest BCUT2D eigenvalue weighted by atomic mass is 127. The highest BCUT2D eigenvalue weighted by molar-refractivity contribution is 14.1. The molecule has 13 heavy (non-hydrogen) atoms. The minimum absolute atomic E-state index is 0.542. The summed E-state index contributed by atoms with van der Waals surface area (Å²) >= 11 is 2.11. The molecule has 0 spiro atoms. The number of rotatable bonds is 2. The summed E-state index contributed by atoms with van der Waals surface area (Å²) in [4.78, 5) is 10.1. The summed E-state index contributed by atoms with van der Waals surface area (Å²) in [5.41, 5.74) is 0.542. The molecule has 0 amide bonds. The third-order valence-electron chi connectivity index (χ3n) is 1.37. The molecule has 0 bridgehead atoms. The number of carbonyl (C=O) groups is 1. The van der Waals surface area contributed by atoms with E-state index < -0.39 is 11.8 Å². The second-order valence-corrected chi connectivity index (χ2v) is 3.59. The van der Waals surface area contributed by atoms with Crippen LogP contribution in [0.3, 0.4) is 0 Å². The van der Waals surface area contributed by atoms with E-state index in [1.54, 1.807) is 24.3 Å². The Bertz CT molecular complexity index is 343. The Morgan fingerprint density at radius 1 is 1.38 bits per heavy atom. The molecule has 1 aromatic carbocycles. The third kappa shape index (κ3) is 3.14. The second-order valence-electron chi connectivity index (χ2n) is 2.35. The van der Waals surface area contributed by atoms with Gasteiger partial charge in [0.1, 0.15) is 0 Å². The first-order valence-electron chi connectivity index (χ1n) is 3.45. The first kappa shape index (κ1) is 10.2. The minimum Gasteiger partial charge on any atom is -0.476 e. The Hall–Kier alpha value is -0.910. The van der Waals surface area contributed by atoms with Gasteiger partial charge >= 0.3 is 5.97 Å². The highest BCUT2D eigenvalue weighted by Crippen LogP contribution is 2.11. The van der Waals surface area contributed by atoms with Crippen molar-refractivity contribution in [2.75, 3.05) is 0 Å². The van der Waals surface area contributed by atoms with E-state index in [4.69, 9.17) is 5.11 Å². The Kier molecular flexibility index (Phi) is 3.41. The molecule has 2 nitrogen and oxygen atoms in total. The topological polar surface area (TPSA) is 37.3 Å². The summed E-state index contributed by atoms with van der Waals surface area (Å²) in [7, 11) is 0. The minimum atomic E-state index is -1.54. The highest BCUT2D eigenvalue weighted by Gasteiger charge is 2.04. The molecular formula is C9H6FIO2. The van der Waals surface area contributed by atoms with Crippen molar-refractivity contribution in [3.63, 3.8) is 0 Å². The second kappa shape index (κ2) is 4.36. The lowest BCUT2D eigenvalue weighted by atomic mass is 10.2. The number of carboxylic acid groups (broad SMARTS) is 1. The molecule has 0 aliphatic heterocycles. The number of hydrogen-bond donors (Lipinski definition) is 1. The maximum absolute atomic E-state index is 12.6. The van der Waals surface area contributed by atoms with Gasteiger partial charge < -0.3 is 5.11 Å². The van der Waals surface area contributed by atoms with Crippen molar-refractivity contribution >= 4 is 34.6 Å². The molecular weight excluding hydrogens is 286 g/mol. The summed E-state index contributed by atoms with van der Waals surface area (Å²) in [5.74, 6) is -2.69. The average molecular weight is 292 g/mol. The lowest BCUT2D eigenvalue weighted by molar-refractivity contribution is -0.134. The molecule has 0 fully saturated rings. The van der Waals surface area contributed by atoms with E-state index >= 15 is 0 Å². The number of halogens is 2. The van der Waals surface area contributed by atoms with Crippen molar-refractivity contribution < 1.29 is 14.3 Å². The fourth-order valence-electron chi connectivity index (χ4n) is 0.767. The van der Waals surface area contributed by atoms with Crippen molar-refractivity contribution in [2.45, 2.75) is 0 Å². The average Bonchev–Trinajstić information content (AvgIpc) is 2.08. The third-order valence-corrected chi connectivity index (χ3v) is 2.09. The maximum Gasteiger partial charge on any atom is 0.364 e. The zero-order chi connectivity index (χ0) is 9.84. The molecule has 0 atom stereocenters. The van der Waals surface area contributed by atoms with Crippen LogP contribution in [-0.2, 0) is 4.79 Å². The van der Waals surface area contributed by atoms with Gasteiger partial charge in [0.15, 0.2) is 0 Å². The van der Waals surface area contributed by atoms with Gasteiger partial charge in [-0.3, -0.25) is 0 Å². The maximum atomic E-state index is 12.6. The Labute approximate surface area is 88.2 Å². The molecule has 0 aliphatic rings. The first-order chi connectivity index (χ1) is 6.09. The molecule has 0 unspecified atom stereocenters. The van der Waals surface area contributed by atoms with Crippen LogP contribution in [0.1, 0.15) is 5.56 Å². The molecule has 0 heterocycles. The number of benzene rings is 1. The fourth-order valence-corrected chi connectivity index (χ4v) is 1.13. The molecule has 0 aliphatic carbocycles. The van der Waals surface area contributed by atoms with Crippen LogP contribution in [0.5, 0.6) is 0 Å². The Balaban J connectivity index is 2.92. The molecule has 0 saturated carbocycles. The van der Waals surface area contributed by atoms with Crippen molar-refractivity contribution in [3.05, 3.63) is 39.2 Å². The predicted molar refractivity (Wildman–Crippen MR) is 55.9 cm³/mol.